The second kappa shape index (κ2) is 4.34. The van der Waals surface area contributed by atoms with Crippen LogP contribution in [0, 0.1) is 0 Å². The maximum atomic E-state index is 11.5. The molecular formula is C13H12N2O2S. The van der Waals surface area contributed by atoms with Gasteiger partial charge in [-0.2, -0.15) is 0 Å². The van der Waals surface area contributed by atoms with Gasteiger partial charge in [-0.15, -0.1) is 11.3 Å². The summed E-state index contributed by atoms with van der Waals surface area (Å²) in [6.45, 7) is 0.421. The van der Waals surface area contributed by atoms with Crippen LogP contribution in [-0.2, 0) is 4.79 Å². The molecule has 5 heteroatoms. The molecular weight excluding hydrogens is 248 g/mol. The van der Waals surface area contributed by atoms with E-state index in [0.717, 1.165) is 21.1 Å². The molecule has 1 aliphatic heterocycles. The van der Waals surface area contributed by atoms with Crippen LogP contribution in [0.2, 0.25) is 0 Å². The maximum Gasteiger partial charge on any atom is 0.227 e. The van der Waals surface area contributed by atoms with Gasteiger partial charge in [0.1, 0.15) is 5.75 Å². The van der Waals surface area contributed by atoms with Crippen molar-refractivity contribution in [3.05, 3.63) is 30.3 Å². The minimum absolute atomic E-state index is 0.0170. The topological polar surface area (TPSA) is 64.3 Å². The monoisotopic (exact) mass is 260 g/mol. The molecule has 92 valence electrons. The number of anilines is 2. The first-order valence-electron chi connectivity index (χ1n) is 5.65. The zero-order chi connectivity index (χ0) is 12.5. The second-order valence-corrected chi connectivity index (χ2v) is 5.17. The number of carbonyl (C=O) groups is 1. The van der Waals surface area contributed by atoms with E-state index in [-0.39, 0.29) is 5.91 Å². The molecule has 3 N–H and O–H groups in total. The number of nitrogens with one attached hydrogen (secondary N) is 1. The average Bonchev–Trinajstić information content (AvgIpc) is 2.69. The molecule has 4 nitrogen and oxygen atoms in total. The van der Waals surface area contributed by atoms with Gasteiger partial charge in [0.2, 0.25) is 5.91 Å². The van der Waals surface area contributed by atoms with E-state index < -0.39 is 0 Å². The minimum Gasteiger partial charge on any atom is -0.491 e. The van der Waals surface area contributed by atoms with Crippen molar-refractivity contribution in [2.45, 2.75) is 6.42 Å². The van der Waals surface area contributed by atoms with Gasteiger partial charge in [-0.1, -0.05) is 0 Å². The van der Waals surface area contributed by atoms with Crippen molar-refractivity contribution < 1.29 is 9.53 Å². The molecule has 0 atom stereocenters. The molecule has 3 rings (SSSR count). The van der Waals surface area contributed by atoms with Gasteiger partial charge in [0.15, 0.2) is 0 Å². The SMILES string of the molecule is Nc1ccc(-c2ccc3c(c2)NC(=O)CCO3)s1. The van der Waals surface area contributed by atoms with Crippen LogP contribution in [0.1, 0.15) is 6.42 Å². The van der Waals surface area contributed by atoms with Crippen LogP contribution in [-0.4, -0.2) is 12.5 Å². The van der Waals surface area contributed by atoms with Gasteiger partial charge >= 0.3 is 0 Å². The lowest BCUT2D eigenvalue weighted by atomic mass is 10.1. The first-order chi connectivity index (χ1) is 8.72. The molecule has 0 radical (unpaired) electrons. The van der Waals surface area contributed by atoms with Crippen LogP contribution in [0.25, 0.3) is 10.4 Å². The highest BCUT2D eigenvalue weighted by molar-refractivity contribution is 7.19. The summed E-state index contributed by atoms with van der Waals surface area (Å²) in [6, 6.07) is 9.62. The van der Waals surface area contributed by atoms with Gasteiger partial charge < -0.3 is 15.8 Å². The number of benzene rings is 1. The van der Waals surface area contributed by atoms with E-state index >= 15 is 0 Å². The van der Waals surface area contributed by atoms with Gasteiger partial charge in [-0.25, -0.2) is 0 Å². The van der Waals surface area contributed by atoms with Gasteiger partial charge in [0, 0.05) is 4.88 Å². The number of fused-ring (bicyclic) bond motifs is 1. The van der Waals surface area contributed by atoms with E-state index in [1.54, 1.807) is 0 Å². The lowest BCUT2D eigenvalue weighted by Crippen LogP contribution is -2.10. The van der Waals surface area contributed by atoms with Crippen LogP contribution in [0.3, 0.4) is 0 Å². The molecule has 2 aromatic rings. The van der Waals surface area contributed by atoms with Crippen molar-refractivity contribution in [2.75, 3.05) is 17.7 Å². The molecule has 1 aromatic heterocycles. The first kappa shape index (κ1) is 11.1. The predicted octanol–water partition coefficient (Wildman–Crippen LogP) is 2.72. The summed E-state index contributed by atoms with van der Waals surface area (Å²) in [4.78, 5) is 12.6. The molecule has 2 heterocycles. The zero-order valence-electron chi connectivity index (χ0n) is 9.60. The normalized spacial score (nSPS) is 14.3. The lowest BCUT2D eigenvalue weighted by Gasteiger charge is -2.08. The molecule has 1 aromatic carbocycles. The highest BCUT2D eigenvalue weighted by atomic mass is 32.1. The van der Waals surface area contributed by atoms with Crippen LogP contribution in [0.15, 0.2) is 30.3 Å². The summed E-state index contributed by atoms with van der Waals surface area (Å²) >= 11 is 1.52. The van der Waals surface area contributed by atoms with Gasteiger partial charge in [-0.05, 0) is 35.9 Å². The largest absolute Gasteiger partial charge is 0.491 e. The van der Waals surface area contributed by atoms with E-state index in [0.29, 0.717) is 18.8 Å². The summed E-state index contributed by atoms with van der Waals surface area (Å²) < 4.78 is 5.51. The summed E-state index contributed by atoms with van der Waals surface area (Å²) in [5, 5.41) is 3.63. The number of ether oxygens (including phenoxy) is 1. The van der Waals surface area contributed by atoms with Crippen molar-refractivity contribution in [1.82, 2.24) is 0 Å². The molecule has 0 saturated carbocycles. The standard InChI is InChI=1S/C13H12N2O2S/c14-12-4-3-11(18-12)8-1-2-10-9(7-8)15-13(16)5-6-17-10/h1-4,7H,5-6,14H2,(H,15,16). The number of amides is 1. The molecule has 0 unspecified atom stereocenters. The number of nitrogen functional groups attached to an aromatic ring is 1. The van der Waals surface area contributed by atoms with E-state index in [2.05, 4.69) is 5.32 Å². The van der Waals surface area contributed by atoms with Gasteiger partial charge in [0.05, 0.1) is 23.7 Å². The van der Waals surface area contributed by atoms with Crippen LogP contribution < -0.4 is 15.8 Å². The Labute approximate surface area is 108 Å². The summed E-state index contributed by atoms with van der Waals surface area (Å²) in [7, 11) is 0. The Hall–Kier alpha value is -2.01. The van der Waals surface area contributed by atoms with Crippen molar-refractivity contribution in [1.29, 1.82) is 0 Å². The van der Waals surface area contributed by atoms with Crippen molar-refractivity contribution in [3.63, 3.8) is 0 Å². The number of carbonyl (C=O) groups excluding carboxylic acids is 1. The van der Waals surface area contributed by atoms with E-state index in [4.69, 9.17) is 10.5 Å². The zero-order valence-corrected chi connectivity index (χ0v) is 10.4. The third kappa shape index (κ3) is 2.04. The lowest BCUT2D eigenvalue weighted by molar-refractivity contribution is -0.116. The Morgan fingerprint density at radius 1 is 1.28 bits per heavy atom. The Balaban J connectivity index is 2.02. The summed E-state index contributed by atoms with van der Waals surface area (Å²) in [5.74, 6) is 0.700. The Kier molecular flexibility index (Phi) is 2.68. The van der Waals surface area contributed by atoms with E-state index in [1.165, 1.54) is 11.3 Å². The fourth-order valence-corrected chi connectivity index (χ4v) is 2.65. The van der Waals surface area contributed by atoms with E-state index in [9.17, 15) is 4.79 Å². The molecule has 0 aliphatic carbocycles. The number of hydrogen-bond donors (Lipinski definition) is 2. The fourth-order valence-electron chi connectivity index (χ4n) is 1.88. The quantitative estimate of drug-likeness (QED) is 0.828. The maximum absolute atomic E-state index is 11.5. The third-order valence-electron chi connectivity index (χ3n) is 2.75. The predicted molar refractivity (Wildman–Crippen MR) is 72.9 cm³/mol. The van der Waals surface area contributed by atoms with Crippen LogP contribution in [0.4, 0.5) is 10.7 Å². The third-order valence-corrected chi connectivity index (χ3v) is 3.72. The average molecular weight is 260 g/mol. The Bertz CT molecular complexity index is 607. The number of hydrogen-bond acceptors (Lipinski definition) is 4. The molecule has 0 bridgehead atoms. The molecule has 0 spiro atoms. The van der Waals surface area contributed by atoms with Crippen molar-refractivity contribution in [3.8, 4) is 16.2 Å². The summed E-state index contributed by atoms with van der Waals surface area (Å²) in [5.41, 5.74) is 7.48. The van der Waals surface area contributed by atoms with Crippen LogP contribution >= 0.6 is 11.3 Å². The van der Waals surface area contributed by atoms with E-state index in [1.807, 2.05) is 30.3 Å². The number of rotatable bonds is 1. The number of thiophene rings is 1. The molecule has 0 fully saturated rings. The molecule has 18 heavy (non-hydrogen) atoms. The minimum atomic E-state index is -0.0170. The smallest absolute Gasteiger partial charge is 0.227 e. The van der Waals surface area contributed by atoms with Crippen molar-refractivity contribution >= 4 is 27.9 Å². The first-order valence-corrected chi connectivity index (χ1v) is 6.46. The van der Waals surface area contributed by atoms with Gasteiger partial charge in [0.25, 0.3) is 0 Å². The molecule has 1 amide bonds. The Morgan fingerprint density at radius 3 is 2.94 bits per heavy atom. The number of nitrogens with two attached hydrogens (primary N) is 1. The second-order valence-electron chi connectivity index (χ2n) is 4.06. The highest BCUT2D eigenvalue weighted by Gasteiger charge is 2.14. The van der Waals surface area contributed by atoms with Crippen molar-refractivity contribution in [2.24, 2.45) is 0 Å². The van der Waals surface area contributed by atoms with Gasteiger partial charge in [-0.3, -0.25) is 4.79 Å². The Morgan fingerprint density at radius 2 is 2.17 bits per heavy atom. The summed E-state index contributed by atoms with van der Waals surface area (Å²) in [6.07, 6.45) is 0.385. The highest BCUT2D eigenvalue weighted by Crippen LogP contribution is 2.35. The van der Waals surface area contributed by atoms with Crippen LogP contribution in [0.5, 0.6) is 5.75 Å². The fraction of sp³-hybridized carbons (Fsp3) is 0.154. The molecule has 1 aliphatic rings. The molecule has 0 saturated heterocycles.